The van der Waals surface area contributed by atoms with E-state index >= 15 is 0 Å². The van der Waals surface area contributed by atoms with Gasteiger partial charge in [0.2, 0.25) is 0 Å². The monoisotopic (exact) mass is 310 g/mol. The van der Waals surface area contributed by atoms with Crippen LogP contribution in [0.2, 0.25) is 0 Å². The Kier molecular flexibility index (Phi) is 3.53. The van der Waals surface area contributed by atoms with Crippen LogP contribution in [0.3, 0.4) is 0 Å². The van der Waals surface area contributed by atoms with Gasteiger partial charge in [-0.1, -0.05) is 18.2 Å². The van der Waals surface area contributed by atoms with Crippen LogP contribution < -0.4 is 4.90 Å². The van der Waals surface area contributed by atoms with Gasteiger partial charge in [0.25, 0.3) is 5.69 Å². The molecule has 0 aromatic heterocycles. The Bertz CT molecular complexity index is 814. The molecule has 23 heavy (non-hydrogen) atoms. The van der Waals surface area contributed by atoms with Crippen molar-refractivity contribution < 1.29 is 9.72 Å². The van der Waals surface area contributed by atoms with Gasteiger partial charge < -0.3 is 0 Å². The lowest BCUT2D eigenvalue weighted by molar-refractivity contribution is -0.384. The van der Waals surface area contributed by atoms with E-state index in [-0.39, 0.29) is 11.7 Å². The van der Waals surface area contributed by atoms with E-state index < -0.39 is 4.92 Å². The number of amides is 2. The van der Waals surface area contributed by atoms with E-state index in [1.165, 1.54) is 22.0 Å². The van der Waals surface area contributed by atoms with Crippen LogP contribution in [0.1, 0.15) is 11.1 Å². The van der Waals surface area contributed by atoms with E-state index in [2.05, 4.69) is 5.10 Å². The van der Waals surface area contributed by atoms with Crippen molar-refractivity contribution in [1.82, 2.24) is 5.01 Å². The number of hydrogen-bond donors (Lipinski definition) is 0. The van der Waals surface area contributed by atoms with Crippen molar-refractivity contribution in [2.24, 2.45) is 5.10 Å². The molecule has 0 aliphatic carbocycles. The summed E-state index contributed by atoms with van der Waals surface area (Å²) in [5.74, 6) is 0. The van der Waals surface area contributed by atoms with Gasteiger partial charge in [0.05, 0.1) is 10.6 Å². The maximum Gasteiger partial charge on any atom is 0.344 e. The number of fused-ring (bicyclic) bond motifs is 1. The topological polar surface area (TPSA) is 79.0 Å². The fraction of sp³-hybridized carbons (Fsp3) is 0.125. The van der Waals surface area contributed by atoms with Crippen molar-refractivity contribution in [3.63, 3.8) is 0 Å². The summed E-state index contributed by atoms with van der Waals surface area (Å²) in [7, 11) is 3.27. The number of rotatable bonds is 2. The number of nitro benzene ring substituents is 1. The number of benzene rings is 2. The van der Waals surface area contributed by atoms with Crippen LogP contribution in [-0.2, 0) is 0 Å². The predicted molar refractivity (Wildman–Crippen MR) is 86.7 cm³/mol. The van der Waals surface area contributed by atoms with Crippen molar-refractivity contribution in [2.75, 3.05) is 19.0 Å². The van der Waals surface area contributed by atoms with Gasteiger partial charge in [-0.15, -0.1) is 0 Å². The van der Waals surface area contributed by atoms with Crippen molar-refractivity contribution in [2.45, 2.75) is 0 Å². The first kappa shape index (κ1) is 14.7. The number of carbonyl (C=O) groups is 1. The Balaban J connectivity index is 2.16. The quantitative estimate of drug-likeness (QED) is 0.632. The number of carbonyl (C=O) groups excluding carboxylic acids is 1. The molecule has 0 atom stereocenters. The van der Waals surface area contributed by atoms with Crippen LogP contribution in [0.4, 0.5) is 16.2 Å². The molecule has 3 rings (SSSR count). The first-order valence-corrected chi connectivity index (χ1v) is 6.93. The summed E-state index contributed by atoms with van der Waals surface area (Å²) in [4.78, 5) is 24.2. The SMILES string of the molecule is CN1N=C(c2ccc([N+](=O)[O-])cc2)c2ccccc2N(C)C1=O. The van der Waals surface area contributed by atoms with Gasteiger partial charge in [-0.2, -0.15) is 5.10 Å². The van der Waals surface area contributed by atoms with Crippen LogP contribution in [0.25, 0.3) is 0 Å². The molecular formula is C16H14N4O3. The van der Waals surface area contributed by atoms with E-state index in [0.717, 1.165) is 11.3 Å². The Labute approximate surface area is 132 Å². The minimum absolute atomic E-state index is 0.0119. The fourth-order valence-corrected chi connectivity index (χ4v) is 2.49. The predicted octanol–water partition coefficient (Wildman–Crippen LogP) is 2.85. The molecule has 0 bridgehead atoms. The highest BCUT2D eigenvalue weighted by Gasteiger charge is 2.25. The Hall–Kier alpha value is -3.22. The second kappa shape index (κ2) is 5.53. The second-order valence-electron chi connectivity index (χ2n) is 5.13. The summed E-state index contributed by atoms with van der Waals surface area (Å²) in [5, 5.41) is 16.4. The first-order chi connectivity index (χ1) is 11.0. The smallest absolute Gasteiger partial charge is 0.295 e. The molecule has 1 heterocycles. The molecule has 1 aliphatic rings. The summed E-state index contributed by atoms with van der Waals surface area (Å²) in [6, 6.07) is 13.3. The van der Waals surface area contributed by atoms with E-state index in [1.54, 1.807) is 26.2 Å². The van der Waals surface area contributed by atoms with Gasteiger partial charge in [0.1, 0.15) is 5.71 Å². The molecule has 0 spiro atoms. The zero-order chi connectivity index (χ0) is 16.6. The van der Waals surface area contributed by atoms with Crippen LogP contribution in [0.5, 0.6) is 0 Å². The third-order valence-corrected chi connectivity index (χ3v) is 3.69. The maximum atomic E-state index is 12.3. The average Bonchev–Trinajstić information content (AvgIpc) is 2.66. The standard InChI is InChI=1S/C16H14N4O3/c1-18-14-6-4-3-5-13(14)15(17-19(2)16(18)21)11-7-9-12(10-8-11)20(22)23/h3-10H,1-2H3. The molecule has 116 valence electrons. The normalized spacial score (nSPS) is 14.2. The van der Waals surface area contributed by atoms with Crippen molar-refractivity contribution in [3.8, 4) is 0 Å². The highest BCUT2D eigenvalue weighted by atomic mass is 16.6. The molecule has 0 saturated heterocycles. The minimum atomic E-state index is -0.448. The third kappa shape index (κ3) is 2.52. The zero-order valence-electron chi connectivity index (χ0n) is 12.6. The van der Waals surface area contributed by atoms with Crippen LogP contribution in [0, 0.1) is 10.1 Å². The lowest BCUT2D eigenvalue weighted by Gasteiger charge is -2.19. The summed E-state index contributed by atoms with van der Waals surface area (Å²) in [5.41, 5.74) is 2.84. The highest BCUT2D eigenvalue weighted by Crippen LogP contribution is 2.27. The van der Waals surface area contributed by atoms with Gasteiger partial charge in [-0.25, -0.2) is 9.80 Å². The molecule has 2 aromatic carbocycles. The number of non-ortho nitro benzene ring substituents is 1. The lowest BCUT2D eigenvalue weighted by atomic mass is 10.00. The highest BCUT2D eigenvalue weighted by molar-refractivity contribution is 6.18. The number of hydrogen-bond acceptors (Lipinski definition) is 4. The summed E-state index contributed by atoms with van der Waals surface area (Å²) >= 11 is 0. The summed E-state index contributed by atoms with van der Waals surface area (Å²) in [6.07, 6.45) is 0. The number of hydrazone groups is 1. The van der Waals surface area contributed by atoms with Crippen LogP contribution in [0.15, 0.2) is 53.6 Å². The number of nitrogens with zero attached hydrogens (tertiary/aromatic N) is 4. The Morgan fingerprint density at radius 3 is 2.35 bits per heavy atom. The third-order valence-electron chi connectivity index (χ3n) is 3.69. The number of urea groups is 1. The van der Waals surface area contributed by atoms with Gasteiger partial charge in [0.15, 0.2) is 0 Å². The minimum Gasteiger partial charge on any atom is -0.295 e. The second-order valence-corrected chi connectivity index (χ2v) is 5.13. The molecule has 0 unspecified atom stereocenters. The lowest BCUT2D eigenvalue weighted by Crippen LogP contribution is -2.34. The molecular weight excluding hydrogens is 296 g/mol. The summed E-state index contributed by atoms with van der Waals surface area (Å²) in [6.45, 7) is 0. The molecule has 2 amide bonds. The van der Waals surface area contributed by atoms with Gasteiger partial charge in [0, 0.05) is 37.4 Å². The van der Waals surface area contributed by atoms with E-state index in [1.807, 2.05) is 24.3 Å². The molecule has 1 aliphatic heterocycles. The number of anilines is 1. The molecule has 2 aromatic rings. The molecule has 7 heteroatoms. The van der Waals surface area contributed by atoms with E-state index in [9.17, 15) is 14.9 Å². The molecule has 0 fully saturated rings. The van der Waals surface area contributed by atoms with Crippen molar-refractivity contribution in [3.05, 3.63) is 69.8 Å². The van der Waals surface area contributed by atoms with Crippen molar-refractivity contribution in [1.29, 1.82) is 0 Å². The first-order valence-electron chi connectivity index (χ1n) is 6.93. The fourth-order valence-electron chi connectivity index (χ4n) is 2.49. The van der Waals surface area contributed by atoms with Gasteiger partial charge >= 0.3 is 6.03 Å². The molecule has 0 saturated carbocycles. The average molecular weight is 310 g/mol. The van der Waals surface area contributed by atoms with Gasteiger partial charge in [-0.05, 0) is 18.2 Å². The number of nitro groups is 1. The Morgan fingerprint density at radius 2 is 1.70 bits per heavy atom. The zero-order valence-corrected chi connectivity index (χ0v) is 12.6. The summed E-state index contributed by atoms with van der Waals surface area (Å²) < 4.78 is 0. The largest absolute Gasteiger partial charge is 0.344 e. The van der Waals surface area contributed by atoms with Crippen molar-refractivity contribution >= 4 is 23.1 Å². The van der Waals surface area contributed by atoms with Crippen LogP contribution >= 0.6 is 0 Å². The van der Waals surface area contributed by atoms with Gasteiger partial charge in [-0.3, -0.25) is 15.0 Å². The Morgan fingerprint density at radius 1 is 1.04 bits per heavy atom. The van der Waals surface area contributed by atoms with E-state index in [0.29, 0.717) is 11.3 Å². The molecule has 7 nitrogen and oxygen atoms in total. The molecule has 0 radical (unpaired) electrons. The number of para-hydroxylation sites is 1. The van der Waals surface area contributed by atoms with E-state index in [4.69, 9.17) is 0 Å². The van der Waals surface area contributed by atoms with Crippen LogP contribution in [-0.4, -0.2) is 35.8 Å². The molecule has 0 N–H and O–H groups in total. The maximum absolute atomic E-state index is 12.3.